The Morgan fingerprint density at radius 2 is 1.56 bits per heavy atom. The molecule has 3 rings (SSSR count). The van der Waals surface area contributed by atoms with Crippen molar-refractivity contribution in [2.45, 2.75) is 64.6 Å². The first-order chi connectivity index (χ1) is 15.3. The summed E-state index contributed by atoms with van der Waals surface area (Å²) in [6.07, 6.45) is 3.53. The molecule has 0 aromatic heterocycles. The molecule has 2 aromatic carbocycles. The number of hydrogen-bond acceptors (Lipinski definition) is 4. The fourth-order valence-electron chi connectivity index (χ4n) is 3.96. The van der Waals surface area contributed by atoms with Crippen LogP contribution in [0.1, 0.15) is 63.5 Å². The summed E-state index contributed by atoms with van der Waals surface area (Å²) < 4.78 is 10.6. The van der Waals surface area contributed by atoms with E-state index in [4.69, 9.17) is 9.47 Å². The van der Waals surface area contributed by atoms with E-state index >= 15 is 0 Å². The summed E-state index contributed by atoms with van der Waals surface area (Å²) in [5.41, 5.74) is 2.49. The van der Waals surface area contributed by atoms with E-state index in [1.54, 1.807) is 0 Å². The molecular weight excluding hydrogens is 404 g/mol. The lowest BCUT2D eigenvalue weighted by molar-refractivity contribution is 0.0514. The third-order valence-corrected chi connectivity index (χ3v) is 5.62. The molecule has 0 spiro atoms. The average Bonchev–Trinajstić information content (AvgIpc) is 2.77. The Kier molecular flexibility index (Phi) is 8.14. The maximum atomic E-state index is 12.0. The highest BCUT2D eigenvalue weighted by Crippen LogP contribution is 2.36. The zero-order chi connectivity index (χ0) is 23.0. The van der Waals surface area contributed by atoms with E-state index < -0.39 is 11.7 Å². The smallest absolute Gasteiger partial charge is 0.411 e. The zero-order valence-corrected chi connectivity index (χ0v) is 19.2. The van der Waals surface area contributed by atoms with Gasteiger partial charge < -0.3 is 14.8 Å². The summed E-state index contributed by atoms with van der Waals surface area (Å²) in [5, 5.41) is 5.68. The van der Waals surface area contributed by atoms with Crippen molar-refractivity contribution in [3.63, 3.8) is 0 Å². The number of alkyl carbamates (subject to hydrolysis) is 1. The van der Waals surface area contributed by atoms with Crippen molar-refractivity contribution in [3.05, 3.63) is 65.7 Å². The van der Waals surface area contributed by atoms with Crippen LogP contribution in [-0.4, -0.2) is 24.3 Å². The molecular formula is C26H34N2O4. The molecule has 0 bridgehead atoms. The molecule has 1 saturated carbocycles. The standard InChI is InChI=1S/C26H34N2O4/c1-26(2,3)32-24(29)27-17-19-9-11-21(12-10-19)22-13-15-23(16-14-22)28-25(30)31-18-20-7-5-4-6-8-20/h4-8,13-16,19,21H,9-12,17-18H2,1-3H3,(H,27,29)(H,28,30)/t19-,21-. The zero-order valence-electron chi connectivity index (χ0n) is 19.2. The van der Waals surface area contributed by atoms with Crippen molar-refractivity contribution < 1.29 is 19.1 Å². The largest absolute Gasteiger partial charge is 0.444 e. The Labute approximate surface area is 190 Å². The molecule has 0 unspecified atom stereocenters. The summed E-state index contributed by atoms with van der Waals surface area (Å²) in [6, 6.07) is 17.6. The van der Waals surface area contributed by atoms with Gasteiger partial charge in [0.1, 0.15) is 12.2 Å². The highest BCUT2D eigenvalue weighted by atomic mass is 16.6. The fraction of sp³-hybridized carbons (Fsp3) is 0.462. The Balaban J connectivity index is 1.39. The number of rotatable bonds is 6. The molecule has 0 heterocycles. The van der Waals surface area contributed by atoms with E-state index in [1.807, 2.05) is 63.2 Å². The van der Waals surface area contributed by atoms with Gasteiger partial charge in [-0.05, 0) is 81.5 Å². The minimum Gasteiger partial charge on any atom is -0.444 e. The molecule has 2 N–H and O–H groups in total. The van der Waals surface area contributed by atoms with Gasteiger partial charge in [0.05, 0.1) is 0 Å². The van der Waals surface area contributed by atoms with Crippen LogP contribution in [0.25, 0.3) is 0 Å². The second-order valence-electron chi connectivity index (χ2n) is 9.41. The van der Waals surface area contributed by atoms with Gasteiger partial charge in [-0.3, -0.25) is 5.32 Å². The van der Waals surface area contributed by atoms with Gasteiger partial charge in [0, 0.05) is 12.2 Å². The van der Waals surface area contributed by atoms with Crippen LogP contribution < -0.4 is 10.6 Å². The molecule has 2 amide bonds. The summed E-state index contributed by atoms with van der Waals surface area (Å²) in [6.45, 7) is 6.51. The van der Waals surface area contributed by atoms with E-state index in [0.29, 0.717) is 18.4 Å². The maximum absolute atomic E-state index is 12.0. The van der Waals surface area contributed by atoms with E-state index in [9.17, 15) is 9.59 Å². The van der Waals surface area contributed by atoms with Gasteiger partial charge in [0.15, 0.2) is 0 Å². The van der Waals surface area contributed by atoms with E-state index in [0.717, 1.165) is 36.9 Å². The SMILES string of the molecule is CC(C)(C)OC(=O)NC[C@H]1CC[C@H](c2ccc(NC(=O)OCc3ccccc3)cc2)CC1. The lowest BCUT2D eigenvalue weighted by atomic mass is 9.78. The first-order valence-electron chi connectivity index (χ1n) is 11.3. The highest BCUT2D eigenvalue weighted by Gasteiger charge is 2.24. The monoisotopic (exact) mass is 438 g/mol. The lowest BCUT2D eigenvalue weighted by Gasteiger charge is -2.29. The molecule has 0 saturated heterocycles. The van der Waals surface area contributed by atoms with Gasteiger partial charge in [0.2, 0.25) is 0 Å². The van der Waals surface area contributed by atoms with Crippen molar-refractivity contribution in [2.75, 3.05) is 11.9 Å². The number of carbonyl (C=O) groups is 2. The fourth-order valence-corrected chi connectivity index (χ4v) is 3.96. The predicted molar refractivity (Wildman–Crippen MR) is 126 cm³/mol. The number of hydrogen-bond donors (Lipinski definition) is 2. The van der Waals surface area contributed by atoms with Crippen molar-refractivity contribution in [2.24, 2.45) is 5.92 Å². The van der Waals surface area contributed by atoms with Gasteiger partial charge >= 0.3 is 12.2 Å². The van der Waals surface area contributed by atoms with Gasteiger partial charge in [-0.2, -0.15) is 0 Å². The first kappa shape index (κ1) is 23.6. The van der Waals surface area contributed by atoms with Crippen LogP contribution in [0, 0.1) is 5.92 Å². The number of anilines is 1. The number of ether oxygens (including phenoxy) is 2. The molecule has 1 aliphatic carbocycles. The Hall–Kier alpha value is -3.02. The van der Waals surface area contributed by atoms with Crippen LogP contribution in [0.4, 0.5) is 15.3 Å². The summed E-state index contributed by atoms with van der Waals surface area (Å²) in [4.78, 5) is 23.9. The van der Waals surface area contributed by atoms with E-state index in [1.165, 1.54) is 5.56 Å². The molecule has 0 aliphatic heterocycles. The summed E-state index contributed by atoms with van der Waals surface area (Å²) in [5.74, 6) is 0.992. The van der Waals surface area contributed by atoms with Gasteiger partial charge in [-0.25, -0.2) is 9.59 Å². The number of amides is 2. The predicted octanol–water partition coefficient (Wildman–Crippen LogP) is 6.23. The highest BCUT2D eigenvalue weighted by molar-refractivity contribution is 5.84. The lowest BCUT2D eigenvalue weighted by Crippen LogP contribution is -2.36. The maximum Gasteiger partial charge on any atom is 0.411 e. The van der Waals surface area contributed by atoms with E-state index in [-0.39, 0.29) is 12.7 Å². The Bertz CT molecular complexity index is 867. The molecule has 6 heteroatoms. The molecule has 32 heavy (non-hydrogen) atoms. The Morgan fingerprint density at radius 1 is 0.906 bits per heavy atom. The molecule has 1 fully saturated rings. The van der Waals surface area contributed by atoms with Crippen LogP contribution >= 0.6 is 0 Å². The van der Waals surface area contributed by atoms with Crippen LogP contribution in [0.5, 0.6) is 0 Å². The quantitative estimate of drug-likeness (QED) is 0.560. The number of benzene rings is 2. The minimum atomic E-state index is -0.471. The first-order valence-corrected chi connectivity index (χ1v) is 11.3. The van der Waals surface area contributed by atoms with Crippen LogP contribution in [0.3, 0.4) is 0 Å². The van der Waals surface area contributed by atoms with Crippen LogP contribution in [0.15, 0.2) is 54.6 Å². The van der Waals surface area contributed by atoms with Crippen LogP contribution in [0.2, 0.25) is 0 Å². The topological polar surface area (TPSA) is 76.7 Å². The summed E-state index contributed by atoms with van der Waals surface area (Å²) >= 11 is 0. The van der Waals surface area contributed by atoms with Gasteiger partial charge in [-0.1, -0.05) is 42.5 Å². The number of carbonyl (C=O) groups excluding carboxylic acids is 2. The molecule has 2 aromatic rings. The van der Waals surface area contributed by atoms with Crippen molar-refractivity contribution in [1.82, 2.24) is 5.32 Å². The third kappa shape index (κ3) is 7.91. The second-order valence-corrected chi connectivity index (χ2v) is 9.41. The third-order valence-electron chi connectivity index (χ3n) is 5.62. The summed E-state index contributed by atoms with van der Waals surface area (Å²) in [7, 11) is 0. The Morgan fingerprint density at radius 3 is 2.19 bits per heavy atom. The normalized spacial score (nSPS) is 18.5. The molecule has 1 aliphatic rings. The van der Waals surface area contributed by atoms with Crippen LogP contribution in [-0.2, 0) is 16.1 Å². The molecule has 0 atom stereocenters. The second kappa shape index (κ2) is 11.0. The molecule has 0 radical (unpaired) electrons. The van der Waals surface area contributed by atoms with Crippen molar-refractivity contribution in [1.29, 1.82) is 0 Å². The van der Waals surface area contributed by atoms with Crippen molar-refractivity contribution in [3.8, 4) is 0 Å². The average molecular weight is 439 g/mol. The van der Waals surface area contributed by atoms with Crippen molar-refractivity contribution >= 4 is 17.9 Å². The molecule has 6 nitrogen and oxygen atoms in total. The van der Waals surface area contributed by atoms with Gasteiger partial charge in [-0.15, -0.1) is 0 Å². The molecule has 172 valence electrons. The number of nitrogens with one attached hydrogen (secondary N) is 2. The minimum absolute atomic E-state index is 0.247. The van der Waals surface area contributed by atoms with Gasteiger partial charge in [0.25, 0.3) is 0 Å². The van der Waals surface area contributed by atoms with E-state index in [2.05, 4.69) is 22.8 Å².